The highest BCUT2D eigenvalue weighted by molar-refractivity contribution is 5.73. The largest absolute Gasteiger partial charge is 0.439 e. The van der Waals surface area contributed by atoms with Crippen molar-refractivity contribution < 1.29 is 71.0 Å². The van der Waals surface area contributed by atoms with Crippen molar-refractivity contribution in [1.82, 2.24) is 0 Å². The molecule has 4 fully saturated rings. The molecule has 180 valence electrons. The maximum atomic E-state index is 14.8. The minimum Gasteiger partial charge on any atom is -0.439 e. The fraction of sp³-hybridized carbons (Fsp3) is 0.933. The normalized spacial score (nSPS) is 45.2. The van der Waals surface area contributed by atoms with Crippen molar-refractivity contribution in [3.8, 4) is 0 Å². The van der Waals surface area contributed by atoms with Gasteiger partial charge >= 0.3 is 58.4 Å². The van der Waals surface area contributed by atoms with E-state index in [1.54, 1.807) is 0 Å². The van der Waals surface area contributed by atoms with Crippen molar-refractivity contribution in [2.75, 3.05) is 0 Å². The zero-order valence-electron chi connectivity index (χ0n) is 15.0. The van der Waals surface area contributed by atoms with Crippen LogP contribution in [0.1, 0.15) is 20.3 Å². The van der Waals surface area contributed by atoms with Crippen LogP contribution in [0.3, 0.4) is 0 Å². The van der Waals surface area contributed by atoms with Crippen LogP contribution >= 0.6 is 0 Å². The topological polar surface area (TPSA) is 26.3 Å². The summed E-state index contributed by atoms with van der Waals surface area (Å²) in [6.07, 6.45) is -0.551. The van der Waals surface area contributed by atoms with E-state index >= 15 is 0 Å². The number of ether oxygens (including phenoxy) is 1. The van der Waals surface area contributed by atoms with Gasteiger partial charge < -0.3 is 4.74 Å². The van der Waals surface area contributed by atoms with E-state index in [1.165, 1.54) is 0 Å². The molecule has 31 heavy (non-hydrogen) atoms. The van der Waals surface area contributed by atoms with Gasteiger partial charge in [0.25, 0.3) is 0 Å². The summed E-state index contributed by atoms with van der Waals surface area (Å²) in [6.45, 7) is 1.68. The smallest absolute Gasteiger partial charge is 0.344 e. The van der Waals surface area contributed by atoms with Crippen LogP contribution in [0.4, 0.5) is 61.5 Å². The first-order valence-corrected chi connectivity index (χ1v) is 8.36. The molecule has 0 aliphatic heterocycles. The third-order valence-corrected chi connectivity index (χ3v) is 6.36. The third kappa shape index (κ3) is 1.70. The van der Waals surface area contributed by atoms with Gasteiger partial charge in [-0.05, 0) is 6.42 Å². The van der Waals surface area contributed by atoms with Crippen LogP contribution in [-0.4, -0.2) is 58.4 Å². The standard InChI is InChI=1S/C15H10F14O2/c1-3-4(2)5(30)31-12-9(20,21)6-7(16,17)10(22,14(12,26)27)13(24,25)11(23,8(6,18)19)15(12,28)29/h4,6H,3H2,1-2H3. The van der Waals surface area contributed by atoms with Crippen LogP contribution in [0.2, 0.25) is 0 Å². The zero-order valence-corrected chi connectivity index (χ0v) is 15.0. The molecule has 16 heteroatoms. The Bertz CT molecular complexity index is 794. The molecule has 4 saturated carbocycles. The second-order valence-electron chi connectivity index (χ2n) is 7.75. The van der Waals surface area contributed by atoms with Gasteiger partial charge in [-0.25, -0.2) is 35.1 Å². The van der Waals surface area contributed by atoms with Crippen molar-refractivity contribution in [1.29, 1.82) is 0 Å². The van der Waals surface area contributed by atoms with E-state index in [-0.39, 0.29) is 0 Å². The van der Waals surface area contributed by atoms with E-state index in [1.807, 2.05) is 0 Å². The number of carbonyl (C=O) groups is 1. The summed E-state index contributed by atoms with van der Waals surface area (Å²) in [5.74, 6) is -54.0. The Morgan fingerprint density at radius 1 is 0.710 bits per heavy atom. The first kappa shape index (κ1) is 24.1. The highest BCUT2D eigenvalue weighted by Crippen LogP contribution is 2.87. The van der Waals surface area contributed by atoms with Crippen LogP contribution in [0.15, 0.2) is 0 Å². The fourth-order valence-electron chi connectivity index (χ4n) is 4.47. The molecular weight excluding hydrogens is 478 g/mol. The second-order valence-corrected chi connectivity index (χ2v) is 7.75. The molecule has 2 nitrogen and oxygen atoms in total. The van der Waals surface area contributed by atoms with Gasteiger partial charge in [0.15, 0.2) is 5.92 Å². The van der Waals surface area contributed by atoms with Gasteiger partial charge in [0.05, 0.1) is 5.92 Å². The van der Waals surface area contributed by atoms with Crippen LogP contribution in [0.25, 0.3) is 0 Å². The highest BCUT2D eigenvalue weighted by Gasteiger charge is 3.19. The lowest BCUT2D eigenvalue weighted by atomic mass is 9.41. The lowest BCUT2D eigenvalue weighted by Gasteiger charge is -2.72. The Labute approximate surface area is 162 Å². The maximum Gasteiger partial charge on any atom is 0.344 e. The number of hydrogen-bond donors (Lipinski definition) is 0. The molecule has 0 N–H and O–H groups in total. The first-order chi connectivity index (χ1) is 13.5. The van der Waals surface area contributed by atoms with E-state index in [0.717, 1.165) is 6.92 Å². The lowest BCUT2D eigenvalue weighted by molar-refractivity contribution is -0.597. The number of hydrogen-bond acceptors (Lipinski definition) is 2. The third-order valence-electron chi connectivity index (χ3n) is 6.36. The Balaban J connectivity index is 2.56. The summed E-state index contributed by atoms with van der Waals surface area (Å²) in [4.78, 5) is 11.8. The van der Waals surface area contributed by atoms with Gasteiger partial charge in [0.1, 0.15) is 0 Å². The molecule has 0 amide bonds. The average Bonchev–Trinajstić information content (AvgIpc) is 2.58. The summed E-state index contributed by atoms with van der Waals surface area (Å²) in [6, 6.07) is 0. The minimum atomic E-state index is -7.63. The molecule has 4 aliphatic rings. The van der Waals surface area contributed by atoms with Crippen LogP contribution in [0.5, 0.6) is 0 Å². The van der Waals surface area contributed by atoms with E-state index in [9.17, 15) is 66.3 Å². The molecule has 4 rings (SSSR count). The lowest BCUT2D eigenvalue weighted by Crippen LogP contribution is -3.06. The number of carbonyl (C=O) groups excluding carboxylic acids is 1. The Morgan fingerprint density at radius 3 is 1.39 bits per heavy atom. The summed E-state index contributed by atoms with van der Waals surface area (Å²) in [5, 5.41) is 0. The summed E-state index contributed by atoms with van der Waals surface area (Å²) >= 11 is 0. The minimum absolute atomic E-state index is 0.551. The summed E-state index contributed by atoms with van der Waals surface area (Å²) in [5.41, 5.74) is -21.4. The molecule has 3 atom stereocenters. The van der Waals surface area contributed by atoms with Crippen molar-refractivity contribution in [2.45, 2.75) is 72.7 Å². The molecule has 0 aromatic carbocycles. The first-order valence-electron chi connectivity index (χ1n) is 8.36. The number of rotatable bonds is 3. The number of alkyl halides is 14. The van der Waals surface area contributed by atoms with Gasteiger partial charge in [-0.15, -0.1) is 0 Å². The van der Waals surface area contributed by atoms with Gasteiger partial charge in [0, 0.05) is 0 Å². The molecular formula is C15H10F14O2. The molecule has 0 radical (unpaired) electrons. The van der Waals surface area contributed by atoms with E-state index in [2.05, 4.69) is 4.74 Å². The van der Waals surface area contributed by atoms with E-state index in [0.29, 0.717) is 6.92 Å². The molecule has 0 aromatic rings. The monoisotopic (exact) mass is 488 g/mol. The molecule has 0 spiro atoms. The number of halogens is 14. The Morgan fingerprint density at radius 2 is 1.06 bits per heavy atom. The molecule has 3 unspecified atom stereocenters. The maximum absolute atomic E-state index is 14.8. The van der Waals surface area contributed by atoms with Gasteiger partial charge in [-0.2, -0.15) is 26.3 Å². The predicted molar refractivity (Wildman–Crippen MR) is 69.1 cm³/mol. The van der Waals surface area contributed by atoms with Gasteiger partial charge in [0.2, 0.25) is 0 Å². The highest BCUT2D eigenvalue weighted by atomic mass is 19.3. The molecule has 4 aliphatic carbocycles. The van der Waals surface area contributed by atoms with Crippen molar-refractivity contribution in [3.63, 3.8) is 0 Å². The van der Waals surface area contributed by atoms with Crippen molar-refractivity contribution >= 4 is 5.97 Å². The van der Waals surface area contributed by atoms with E-state index in [4.69, 9.17) is 0 Å². The van der Waals surface area contributed by atoms with Gasteiger partial charge in [-0.1, -0.05) is 13.8 Å². The van der Waals surface area contributed by atoms with Crippen molar-refractivity contribution in [2.24, 2.45) is 11.8 Å². The molecule has 0 saturated heterocycles. The van der Waals surface area contributed by atoms with Gasteiger partial charge in [-0.3, -0.25) is 4.79 Å². The van der Waals surface area contributed by atoms with E-state index < -0.39 is 76.7 Å². The quantitative estimate of drug-likeness (QED) is 0.404. The SMILES string of the molecule is CCC(C)C(=O)OC12C(F)(F)C3C(F)(F)C(F)(C(F)(F)C(F)(C3(F)F)C1(F)F)C2(F)F. The zero-order chi connectivity index (χ0) is 24.6. The molecule has 0 aromatic heterocycles. The summed E-state index contributed by atoms with van der Waals surface area (Å²) in [7, 11) is 0. The number of esters is 1. The Kier molecular flexibility index (Phi) is 4.16. The van der Waals surface area contributed by atoms with Crippen LogP contribution in [-0.2, 0) is 9.53 Å². The Hall–Kier alpha value is -1.51. The summed E-state index contributed by atoms with van der Waals surface area (Å²) < 4.78 is 206. The van der Waals surface area contributed by atoms with Crippen LogP contribution < -0.4 is 0 Å². The second kappa shape index (κ2) is 5.34. The van der Waals surface area contributed by atoms with Crippen LogP contribution in [0, 0.1) is 11.8 Å². The fourth-order valence-corrected chi connectivity index (χ4v) is 4.47. The van der Waals surface area contributed by atoms with Crippen molar-refractivity contribution in [3.05, 3.63) is 0 Å². The molecule has 4 bridgehead atoms. The predicted octanol–water partition coefficient (Wildman–Crippen LogP) is 5.20. The molecule has 0 heterocycles. The average molecular weight is 488 g/mol.